The van der Waals surface area contributed by atoms with Gasteiger partial charge in [0.25, 0.3) is 0 Å². The van der Waals surface area contributed by atoms with Crippen LogP contribution in [0.2, 0.25) is 0 Å². The van der Waals surface area contributed by atoms with E-state index in [0.717, 1.165) is 31.0 Å². The highest BCUT2D eigenvalue weighted by atomic mass is 16.5. The fourth-order valence-electron chi connectivity index (χ4n) is 2.08. The van der Waals surface area contributed by atoms with Crippen LogP contribution in [0.3, 0.4) is 0 Å². The molecule has 0 amide bonds. The number of aromatic nitrogens is 1. The summed E-state index contributed by atoms with van der Waals surface area (Å²) in [5.41, 5.74) is 6.87. The van der Waals surface area contributed by atoms with E-state index in [2.05, 4.69) is 16.9 Å². The molecule has 0 aromatic carbocycles. The zero-order valence-electron chi connectivity index (χ0n) is 10.6. The van der Waals surface area contributed by atoms with E-state index in [1.807, 2.05) is 25.3 Å². The predicted molar refractivity (Wildman–Crippen MR) is 69.1 cm³/mol. The molecular formula is C13H21N3O. The van der Waals surface area contributed by atoms with Crippen molar-refractivity contribution in [3.63, 3.8) is 0 Å². The number of pyridine rings is 1. The summed E-state index contributed by atoms with van der Waals surface area (Å²) in [6.07, 6.45) is 4.54. The van der Waals surface area contributed by atoms with E-state index in [0.29, 0.717) is 6.10 Å². The Morgan fingerprint density at radius 1 is 1.59 bits per heavy atom. The second-order valence-corrected chi connectivity index (χ2v) is 4.75. The summed E-state index contributed by atoms with van der Waals surface area (Å²) in [4.78, 5) is 6.57. The first-order chi connectivity index (χ1) is 8.16. The molecule has 2 N–H and O–H groups in total. The Morgan fingerprint density at radius 2 is 2.41 bits per heavy atom. The number of hydrogen-bond acceptors (Lipinski definition) is 4. The second-order valence-electron chi connectivity index (χ2n) is 4.75. The van der Waals surface area contributed by atoms with E-state index in [1.54, 1.807) is 0 Å². The molecule has 4 nitrogen and oxygen atoms in total. The average Bonchev–Trinajstić information content (AvgIpc) is 2.82. The van der Waals surface area contributed by atoms with Crippen LogP contribution in [0.5, 0.6) is 0 Å². The predicted octanol–water partition coefficient (Wildman–Crippen LogP) is 1.72. The number of nitrogens with zero attached hydrogens (tertiary/aromatic N) is 2. The van der Waals surface area contributed by atoms with Crippen molar-refractivity contribution in [3.05, 3.63) is 23.9 Å². The van der Waals surface area contributed by atoms with Gasteiger partial charge in [-0.2, -0.15) is 0 Å². The summed E-state index contributed by atoms with van der Waals surface area (Å²) >= 11 is 0. The lowest BCUT2D eigenvalue weighted by Gasteiger charge is -2.22. The van der Waals surface area contributed by atoms with Crippen molar-refractivity contribution in [2.24, 2.45) is 5.73 Å². The normalized spacial score (nSPS) is 21.5. The zero-order chi connectivity index (χ0) is 12.3. The topological polar surface area (TPSA) is 51.4 Å². The van der Waals surface area contributed by atoms with Crippen LogP contribution in [0.4, 0.5) is 5.82 Å². The Kier molecular flexibility index (Phi) is 3.97. The molecule has 2 rings (SSSR count). The molecule has 4 heteroatoms. The molecule has 1 aromatic heterocycles. The van der Waals surface area contributed by atoms with Crippen molar-refractivity contribution in [2.75, 3.05) is 25.1 Å². The highest BCUT2D eigenvalue weighted by molar-refractivity contribution is 5.38. The van der Waals surface area contributed by atoms with Crippen LogP contribution in [0, 0.1) is 0 Å². The minimum Gasteiger partial charge on any atom is -0.376 e. The third-order valence-electron chi connectivity index (χ3n) is 3.19. The number of ether oxygens (including phenoxy) is 1. The van der Waals surface area contributed by atoms with Crippen LogP contribution in [-0.4, -0.2) is 31.3 Å². The fraction of sp³-hybridized carbons (Fsp3) is 0.615. The van der Waals surface area contributed by atoms with Crippen molar-refractivity contribution < 1.29 is 4.74 Å². The lowest BCUT2D eigenvalue weighted by molar-refractivity contribution is 0.116. The van der Waals surface area contributed by atoms with Crippen LogP contribution in [-0.2, 0) is 4.74 Å². The SMILES string of the molecule is C[C@H](N)c1ccc(N(C)CC2CCCO2)nc1. The number of nitrogens with two attached hydrogens (primary N) is 1. The first-order valence-corrected chi connectivity index (χ1v) is 6.21. The first kappa shape index (κ1) is 12.3. The van der Waals surface area contributed by atoms with E-state index in [1.165, 1.54) is 6.42 Å². The molecule has 94 valence electrons. The Balaban J connectivity index is 1.96. The lowest BCUT2D eigenvalue weighted by Crippen LogP contribution is -2.29. The average molecular weight is 235 g/mol. The van der Waals surface area contributed by atoms with Gasteiger partial charge in [-0.25, -0.2) is 4.98 Å². The van der Waals surface area contributed by atoms with Gasteiger partial charge in [0.2, 0.25) is 0 Å². The summed E-state index contributed by atoms with van der Waals surface area (Å²) in [6.45, 7) is 3.77. The van der Waals surface area contributed by atoms with Crippen molar-refractivity contribution >= 4 is 5.82 Å². The van der Waals surface area contributed by atoms with Gasteiger partial charge in [0, 0.05) is 32.4 Å². The molecule has 17 heavy (non-hydrogen) atoms. The fourth-order valence-corrected chi connectivity index (χ4v) is 2.08. The molecule has 1 aromatic rings. The molecule has 0 bridgehead atoms. The number of likely N-dealkylation sites (N-methyl/N-ethyl adjacent to an activating group) is 1. The molecule has 0 radical (unpaired) electrons. The molecule has 0 aliphatic carbocycles. The first-order valence-electron chi connectivity index (χ1n) is 6.21. The minimum atomic E-state index is 0.0417. The Hall–Kier alpha value is -1.13. The molecule has 1 aliphatic heterocycles. The highest BCUT2D eigenvalue weighted by Gasteiger charge is 2.18. The smallest absolute Gasteiger partial charge is 0.128 e. The standard InChI is InChI=1S/C13H21N3O/c1-10(14)11-5-6-13(15-8-11)16(2)9-12-4-3-7-17-12/h5-6,8,10,12H,3-4,7,9,14H2,1-2H3/t10-,12?/m0/s1. The highest BCUT2D eigenvalue weighted by Crippen LogP contribution is 2.17. The molecule has 1 saturated heterocycles. The number of hydrogen-bond donors (Lipinski definition) is 1. The van der Waals surface area contributed by atoms with Gasteiger partial charge in [0.05, 0.1) is 6.10 Å². The maximum Gasteiger partial charge on any atom is 0.128 e. The van der Waals surface area contributed by atoms with Gasteiger partial charge in [-0.15, -0.1) is 0 Å². The maximum atomic E-state index is 5.80. The van der Waals surface area contributed by atoms with Gasteiger partial charge in [-0.05, 0) is 31.4 Å². The van der Waals surface area contributed by atoms with E-state index < -0.39 is 0 Å². The van der Waals surface area contributed by atoms with Gasteiger partial charge >= 0.3 is 0 Å². The van der Waals surface area contributed by atoms with Crippen LogP contribution >= 0.6 is 0 Å². The molecule has 2 atom stereocenters. The summed E-state index contributed by atoms with van der Waals surface area (Å²) in [5, 5.41) is 0. The molecule has 1 fully saturated rings. The van der Waals surface area contributed by atoms with Gasteiger partial charge in [-0.1, -0.05) is 6.07 Å². The number of anilines is 1. The molecule has 1 aliphatic rings. The second kappa shape index (κ2) is 5.47. The van der Waals surface area contributed by atoms with E-state index in [-0.39, 0.29) is 6.04 Å². The largest absolute Gasteiger partial charge is 0.376 e. The van der Waals surface area contributed by atoms with Crippen molar-refractivity contribution in [2.45, 2.75) is 31.9 Å². The Bertz CT molecular complexity index is 344. The molecule has 1 unspecified atom stereocenters. The molecule has 0 spiro atoms. The quantitative estimate of drug-likeness (QED) is 0.863. The molecule has 0 saturated carbocycles. The van der Waals surface area contributed by atoms with Crippen molar-refractivity contribution in [3.8, 4) is 0 Å². The van der Waals surface area contributed by atoms with Crippen LogP contribution in [0.25, 0.3) is 0 Å². The van der Waals surface area contributed by atoms with Crippen molar-refractivity contribution in [1.82, 2.24) is 4.98 Å². The lowest BCUT2D eigenvalue weighted by atomic mass is 10.1. The number of rotatable bonds is 4. The van der Waals surface area contributed by atoms with Gasteiger partial charge in [0.15, 0.2) is 0 Å². The summed E-state index contributed by atoms with van der Waals surface area (Å²) in [5.74, 6) is 0.977. The summed E-state index contributed by atoms with van der Waals surface area (Å²) < 4.78 is 5.62. The maximum absolute atomic E-state index is 5.80. The van der Waals surface area contributed by atoms with Gasteiger partial charge in [-0.3, -0.25) is 0 Å². The van der Waals surface area contributed by atoms with E-state index in [4.69, 9.17) is 10.5 Å². The van der Waals surface area contributed by atoms with Crippen LogP contribution in [0.15, 0.2) is 18.3 Å². The van der Waals surface area contributed by atoms with Crippen LogP contribution in [0.1, 0.15) is 31.4 Å². The molecular weight excluding hydrogens is 214 g/mol. The van der Waals surface area contributed by atoms with Gasteiger partial charge in [0.1, 0.15) is 5.82 Å². The summed E-state index contributed by atoms with van der Waals surface area (Å²) in [7, 11) is 2.05. The zero-order valence-corrected chi connectivity index (χ0v) is 10.6. The Morgan fingerprint density at radius 3 is 2.94 bits per heavy atom. The Labute approximate surface area is 103 Å². The van der Waals surface area contributed by atoms with Gasteiger partial charge < -0.3 is 15.4 Å². The van der Waals surface area contributed by atoms with E-state index >= 15 is 0 Å². The minimum absolute atomic E-state index is 0.0417. The third-order valence-corrected chi connectivity index (χ3v) is 3.19. The third kappa shape index (κ3) is 3.17. The molecule has 2 heterocycles. The summed E-state index contributed by atoms with van der Waals surface area (Å²) in [6, 6.07) is 4.10. The van der Waals surface area contributed by atoms with Crippen molar-refractivity contribution in [1.29, 1.82) is 0 Å². The van der Waals surface area contributed by atoms with E-state index in [9.17, 15) is 0 Å². The van der Waals surface area contributed by atoms with Crippen LogP contribution < -0.4 is 10.6 Å². The monoisotopic (exact) mass is 235 g/mol.